The summed E-state index contributed by atoms with van der Waals surface area (Å²) >= 11 is 0. The van der Waals surface area contributed by atoms with Crippen molar-refractivity contribution < 1.29 is 14.3 Å². The molecule has 0 saturated heterocycles. The van der Waals surface area contributed by atoms with Gasteiger partial charge in [0, 0.05) is 5.69 Å². The monoisotopic (exact) mass is 289 g/mol. The van der Waals surface area contributed by atoms with Crippen LogP contribution in [0.25, 0.3) is 0 Å². The maximum Gasteiger partial charge on any atom is 0.331 e. The summed E-state index contributed by atoms with van der Waals surface area (Å²) in [6, 6.07) is 8.76. The third-order valence-electron chi connectivity index (χ3n) is 3.23. The topological polar surface area (TPSA) is 91.2 Å². The number of hydrogen-bond acceptors (Lipinski definition) is 5. The maximum atomic E-state index is 11.9. The lowest BCUT2D eigenvalue weighted by Gasteiger charge is -2.26. The number of hydrogen-bond donors (Lipinski definition) is 2. The van der Waals surface area contributed by atoms with E-state index in [1.165, 1.54) is 7.11 Å². The predicted octanol–water partition coefficient (Wildman–Crippen LogP) is 1.43. The number of rotatable bonds is 6. The van der Waals surface area contributed by atoms with Crippen molar-refractivity contribution in [3.8, 4) is 6.07 Å². The highest BCUT2D eigenvalue weighted by atomic mass is 16.5. The number of nitrogens with one attached hydrogen (secondary N) is 2. The molecular weight excluding hydrogens is 270 g/mol. The fraction of sp³-hybridized carbons (Fsp3) is 0.400. The quantitative estimate of drug-likeness (QED) is 0.773. The Kier molecular flexibility index (Phi) is 5.73. The Hall–Kier alpha value is -2.55. The molecule has 1 amide bonds. The molecule has 0 heterocycles. The van der Waals surface area contributed by atoms with E-state index in [0.29, 0.717) is 12.0 Å². The molecule has 1 aromatic rings. The van der Waals surface area contributed by atoms with Crippen LogP contribution < -0.4 is 10.6 Å². The predicted molar refractivity (Wildman–Crippen MR) is 78.5 cm³/mol. The van der Waals surface area contributed by atoms with Gasteiger partial charge in [-0.2, -0.15) is 5.26 Å². The van der Waals surface area contributed by atoms with Crippen molar-refractivity contribution in [2.45, 2.75) is 25.8 Å². The van der Waals surface area contributed by atoms with Gasteiger partial charge in [0.2, 0.25) is 5.91 Å². The Balaban J connectivity index is 2.57. The molecule has 112 valence electrons. The largest absolute Gasteiger partial charge is 0.467 e. The summed E-state index contributed by atoms with van der Waals surface area (Å²) < 4.78 is 4.69. The summed E-state index contributed by atoms with van der Waals surface area (Å²) in [5.74, 6) is -0.786. The van der Waals surface area contributed by atoms with Crippen LogP contribution in [0.4, 0.5) is 5.69 Å². The second kappa shape index (κ2) is 7.29. The first-order valence-electron chi connectivity index (χ1n) is 6.58. The van der Waals surface area contributed by atoms with Gasteiger partial charge in [-0.15, -0.1) is 0 Å². The van der Waals surface area contributed by atoms with Crippen LogP contribution in [-0.4, -0.2) is 31.1 Å². The Bertz CT molecular complexity index is 548. The summed E-state index contributed by atoms with van der Waals surface area (Å²) in [6.45, 7) is 3.45. The highest BCUT2D eigenvalue weighted by molar-refractivity contribution is 5.89. The first-order valence-corrected chi connectivity index (χ1v) is 6.58. The van der Waals surface area contributed by atoms with Crippen LogP contribution in [0, 0.1) is 11.3 Å². The van der Waals surface area contributed by atoms with Crippen LogP contribution in [0.15, 0.2) is 24.3 Å². The molecule has 0 fully saturated rings. The molecule has 6 nitrogen and oxygen atoms in total. The van der Waals surface area contributed by atoms with E-state index in [4.69, 9.17) is 10.00 Å². The number of ether oxygens (including phenoxy) is 1. The summed E-state index contributed by atoms with van der Waals surface area (Å²) in [7, 11) is 1.29. The average Bonchev–Trinajstić information content (AvgIpc) is 2.52. The number of anilines is 1. The van der Waals surface area contributed by atoms with Gasteiger partial charge < -0.3 is 15.4 Å². The normalized spacial score (nSPS) is 12.7. The smallest absolute Gasteiger partial charge is 0.331 e. The van der Waals surface area contributed by atoms with Crippen molar-refractivity contribution in [2.24, 2.45) is 0 Å². The van der Waals surface area contributed by atoms with Crippen molar-refractivity contribution in [1.82, 2.24) is 5.32 Å². The lowest BCUT2D eigenvalue weighted by molar-refractivity contribution is -0.150. The molecule has 0 spiro atoms. The number of methoxy groups -OCH3 is 1. The van der Waals surface area contributed by atoms with E-state index >= 15 is 0 Å². The van der Waals surface area contributed by atoms with Crippen LogP contribution >= 0.6 is 0 Å². The molecule has 1 rings (SSSR count). The number of esters is 1. The lowest BCUT2D eigenvalue weighted by Crippen LogP contribution is -2.53. The maximum absolute atomic E-state index is 11.9. The van der Waals surface area contributed by atoms with Gasteiger partial charge in [0.05, 0.1) is 25.3 Å². The van der Waals surface area contributed by atoms with E-state index in [-0.39, 0.29) is 12.5 Å². The van der Waals surface area contributed by atoms with Gasteiger partial charge in [-0.05, 0) is 37.6 Å². The van der Waals surface area contributed by atoms with Crippen LogP contribution in [0.3, 0.4) is 0 Å². The minimum atomic E-state index is -1.03. The van der Waals surface area contributed by atoms with Gasteiger partial charge in [-0.25, -0.2) is 4.79 Å². The second-order valence-electron chi connectivity index (χ2n) is 4.77. The molecule has 1 atom stereocenters. The molecule has 0 saturated carbocycles. The van der Waals surface area contributed by atoms with E-state index in [9.17, 15) is 9.59 Å². The van der Waals surface area contributed by atoms with Crippen molar-refractivity contribution in [3.63, 3.8) is 0 Å². The molecule has 21 heavy (non-hydrogen) atoms. The minimum absolute atomic E-state index is 0.0263. The summed E-state index contributed by atoms with van der Waals surface area (Å²) in [6.07, 6.45) is 0.433. The molecule has 0 aliphatic heterocycles. The Morgan fingerprint density at radius 2 is 1.95 bits per heavy atom. The summed E-state index contributed by atoms with van der Waals surface area (Å²) in [5, 5.41) is 14.3. The zero-order valence-electron chi connectivity index (χ0n) is 12.4. The molecule has 0 aromatic heterocycles. The minimum Gasteiger partial charge on any atom is -0.467 e. The molecule has 1 aromatic carbocycles. The standard InChI is InChI=1S/C15H19N3O3/c1-4-15(2,14(20)21-3)18-13(19)10-17-12-7-5-11(9-16)6-8-12/h5-8,17H,4,10H2,1-3H3,(H,18,19)/t15-/m1/s1. The van der Waals surface area contributed by atoms with Crippen LogP contribution in [0.2, 0.25) is 0 Å². The van der Waals surface area contributed by atoms with E-state index < -0.39 is 11.5 Å². The molecule has 0 aliphatic carbocycles. The molecule has 2 N–H and O–H groups in total. The number of nitrogens with zero attached hydrogens (tertiary/aromatic N) is 1. The van der Waals surface area contributed by atoms with E-state index in [0.717, 1.165) is 5.69 Å². The number of benzene rings is 1. The Morgan fingerprint density at radius 3 is 2.43 bits per heavy atom. The zero-order valence-corrected chi connectivity index (χ0v) is 12.4. The van der Waals surface area contributed by atoms with Gasteiger partial charge in [-0.1, -0.05) is 6.92 Å². The lowest BCUT2D eigenvalue weighted by atomic mass is 9.99. The van der Waals surface area contributed by atoms with Crippen molar-refractivity contribution in [1.29, 1.82) is 5.26 Å². The van der Waals surface area contributed by atoms with Crippen molar-refractivity contribution >= 4 is 17.6 Å². The third kappa shape index (κ3) is 4.49. The molecule has 0 radical (unpaired) electrons. The summed E-state index contributed by atoms with van der Waals surface area (Å²) in [4.78, 5) is 23.6. The fourth-order valence-electron chi connectivity index (χ4n) is 1.71. The SMILES string of the molecule is CC[C@@](C)(NC(=O)CNc1ccc(C#N)cc1)C(=O)OC. The fourth-order valence-corrected chi connectivity index (χ4v) is 1.71. The van der Waals surface area contributed by atoms with Crippen molar-refractivity contribution in [3.05, 3.63) is 29.8 Å². The molecule has 0 bridgehead atoms. The second-order valence-corrected chi connectivity index (χ2v) is 4.77. The van der Waals surface area contributed by atoms with Gasteiger partial charge >= 0.3 is 5.97 Å². The van der Waals surface area contributed by atoms with E-state index in [1.54, 1.807) is 38.1 Å². The van der Waals surface area contributed by atoms with Crippen molar-refractivity contribution in [2.75, 3.05) is 19.0 Å². The Morgan fingerprint density at radius 1 is 1.33 bits per heavy atom. The summed E-state index contributed by atoms with van der Waals surface area (Å²) in [5.41, 5.74) is 0.243. The number of carbonyl (C=O) groups excluding carboxylic acids is 2. The highest BCUT2D eigenvalue weighted by Crippen LogP contribution is 2.12. The first-order chi connectivity index (χ1) is 9.95. The Labute approximate surface area is 124 Å². The van der Waals surface area contributed by atoms with Gasteiger partial charge in [0.1, 0.15) is 5.54 Å². The molecule has 0 unspecified atom stereocenters. The first kappa shape index (κ1) is 16.5. The van der Waals surface area contributed by atoms with Crippen LogP contribution in [0.1, 0.15) is 25.8 Å². The van der Waals surface area contributed by atoms with Gasteiger partial charge in [-0.3, -0.25) is 4.79 Å². The number of carbonyl (C=O) groups is 2. The molecule has 6 heteroatoms. The highest BCUT2D eigenvalue weighted by Gasteiger charge is 2.33. The van der Waals surface area contributed by atoms with Crippen LogP contribution in [0.5, 0.6) is 0 Å². The number of amides is 1. The zero-order chi connectivity index (χ0) is 15.9. The van der Waals surface area contributed by atoms with Crippen LogP contribution in [-0.2, 0) is 14.3 Å². The van der Waals surface area contributed by atoms with E-state index in [2.05, 4.69) is 10.6 Å². The van der Waals surface area contributed by atoms with Gasteiger partial charge in [0.15, 0.2) is 0 Å². The number of nitriles is 1. The average molecular weight is 289 g/mol. The molecular formula is C15H19N3O3. The van der Waals surface area contributed by atoms with E-state index in [1.807, 2.05) is 6.07 Å². The third-order valence-corrected chi connectivity index (χ3v) is 3.23. The molecule has 0 aliphatic rings. The van der Waals surface area contributed by atoms with Gasteiger partial charge in [0.25, 0.3) is 0 Å².